The fourth-order valence-electron chi connectivity index (χ4n) is 3.36. The molecule has 0 aromatic carbocycles. The Labute approximate surface area is 209 Å². The maximum atomic E-state index is 12.2. The zero-order chi connectivity index (χ0) is 26.0. The lowest BCUT2D eigenvalue weighted by Gasteiger charge is -2.26. The molecule has 1 amide bonds. The monoisotopic (exact) mass is 483 g/mol. The molecule has 0 rings (SSSR count). The first-order valence-electron chi connectivity index (χ1n) is 13.4. The minimum atomic E-state index is -0.979. The van der Waals surface area contributed by atoms with E-state index in [-0.39, 0.29) is 12.6 Å². The molecule has 2 N–H and O–H groups in total. The Balaban J connectivity index is 4.36. The largest absolute Gasteiger partial charge is 0.463 e. The van der Waals surface area contributed by atoms with Crippen molar-refractivity contribution in [1.82, 2.24) is 5.32 Å². The van der Waals surface area contributed by atoms with Gasteiger partial charge in [-0.3, -0.25) is 4.79 Å². The van der Waals surface area contributed by atoms with Crippen LogP contribution in [0.2, 0.25) is 0 Å². The number of rotatable bonds is 17. The van der Waals surface area contributed by atoms with Crippen molar-refractivity contribution in [2.45, 2.75) is 143 Å². The summed E-state index contributed by atoms with van der Waals surface area (Å²) in [6.07, 6.45) is 17.1. The van der Waals surface area contributed by atoms with Gasteiger partial charge in [-0.1, -0.05) is 83.3 Å². The molecule has 0 aromatic rings. The number of amides is 1. The van der Waals surface area contributed by atoms with E-state index in [1.54, 1.807) is 47.6 Å². The number of hydrogen-bond acceptors (Lipinski definition) is 5. The van der Waals surface area contributed by atoms with Gasteiger partial charge in [0.05, 0.1) is 17.6 Å². The Hall–Kier alpha value is -1.56. The first-order valence-corrected chi connectivity index (χ1v) is 13.4. The zero-order valence-electron chi connectivity index (χ0n) is 23.1. The molecule has 0 saturated heterocycles. The Morgan fingerprint density at radius 3 is 1.82 bits per heavy atom. The van der Waals surface area contributed by atoms with Crippen molar-refractivity contribution in [3.05, 3.63) is 12.2 Å². The third kappa shape index (κ3) is 18.8. The van der Waals surface area contributed by atoms with Gasteiger partial charge in [-0.2, -0.15) is 0 Å². The number of hydrogen-bond donors (Lipinski definition) is 2. The van der Waals surface area contributed by atoms with Gasteiger partial charge in [-0.05, 0) is 54.4 Å². The molecular formula is C28H53NO5. The number of aliphatic hydroxyl groups is 1. The smallest absolute Gasteiger partial charge is 0.408 e. The highest BCUT2D eigenvalue weighted by Gasteiger charge is 2.28. The number of unbranched alkanes of at least 4 members (excludes halogenated alkanes) is 11. The summed E-state index contributed by atoms with van der Waals surface area (Å²) in [7, 11) is 0. The molecule has 0 radical (unpaired) electrons. The van der Waals surface area contributed by atoms with E-state index < -0.39 is 29.3 Å². The van der Waals surface area contributed by atoms with Gasteiger partial charge in [0, 0.05) is 0 Å². The highest BCUT2D eigenvalue weighted by atomic mass is 16.6. The van der Waals surface area contributed by atoms with Crippen LogP contribution in [0.5, 0.6) is 0 Å². The van der Waals surface area contributed by atoms with E-state index in [0.717, 1.165) is 12.8 Å². The molecule has 0 aromatic heterocycles. The molecule has 2 atom stereocenters. The van der Waals surface area contributed by atoms with Gasteiger partial charge in [0.1, 0.15) is 12.2 Å². The first-order chi connectivity index (χ1) is 15.9. The highest BCUT2D eigenvalue weighted by Crippen LogP contribution is 2.16. The summed E-state index contributed by atoms with van der Waals surface area (Å²) in [5.74, 6) is -0.388. The summed E-state index contributed by atoms with van der Waals surface area (Å²) in [6.45, 7) is 12.7. The van der Waals surface area contributed by atoms with Crippen molar-refractivity contribution in [2.24, 2.45) is 5.41 Å². The molecule has 34 heavy (non-hydrogen) atoms. The van der Waals surface area contributed by atoms with E-state index in [4.69, 9.17) is 9.47 Å². The zero-order valence-corrected chi connectivity index (χ0v) is 23.1. The van der Waals surface area contributed by atoms with Crippen LogP contribution in [0.15, 0.2) is 12.2 Å². The number of carbonyl (C=O) groups is 2. The fourth-order valence-corrected chi connectivity index (χ4v) is 3.36. The van der Waals surface area contributed by atoms with Gasteiger partial charge in [-0.15, -0.1) is 0 Å². The summed E-state index contributed by atoms with van der Waals surface area (Å²) < 4.78 is 10.6. The number of ether oxygens (including phenoxy) is 2. The molecule has 0 spiro atoms. The van der Waals surface area contributed by atoms with E-state index in [1.807, 2.05) is 6.08 Å². The van der Waals surface area contributed by atoms with Crippen LogP contribution < -0.4 is 5.32 Å². The maximum absolute atomic E-state index is 12.2. The quantitative estimate of drug-likeness (QED) is 0.131. The van der Waals surface area contributed by atoms with E-state index in [9.17, 15) is 14.7 Å². The molecule has 0 unspecified atom stereocenters. The number of nitrogens with one attached hydrogen (secondary N) is 1. The number of alkyl carbamates (subject to hydrolysis) is 1. The third-order valence-corrected chi connectivity index (χ3v) is 5.43. The summed E-state index contributed by atoms with van der Waals surface area (Å²) in [5.41, 5.74) is -1.32. The predicted molar refractivity (Wildman–Crippen MR) is 140 cm³/mol. The van der Waals surface area contributed by atoms with Gasteiger partial charge in [0.25, 0.3) is 0 Å². The van der Waals surface area contributed by atoms with E-state index in [2.05, 4.69) is 12.2 Å². The lowest BCUT2D eigenvalue weighted by molar-refractivity contribution is -0.154. The number of carbonyl (C=O) groups excluding carboxylic acids is 2. The molecule has 6 heteroatoms. The normalized spacial score (nSPS) is 14.1. The van der Waals surface area contributed by atoms with Crippen LogP contribution in [0.3, 0.4) is 0 Å². The Bertz CT molecular complexity index is 574. The molecular weight excluding hydrogens is 430 g/mol. The fraction of sp³-hybridized carbons (Fsp3) is 0.857. The number of allylic oxidation sites excluding steroid dienone is 1. The minimum Gasteiger partial charge on any atom is -0.463 e. The average Bonchev–Trinajstić information content (AvgIpc) is 2.71. The van der Waals surface area contributed by atoms with Crippen molar-refractivity contribution in [2.75, 3.05) is 6.61 Å². The van der Waals surface area contributed by atoms with Gasteiger partial charge in [-0.25, -0.2) is 4.79 Å². The lowest BCUT2D eigenvalue weighted by atomic mass is 9.97. The topological polar surface area (TPSA) is 84.9 Å². The second-order valence-corrected chi connectivity index (χ2v) is 11.3. The van der Waals surface area contributed by atoms with Crippen LogP contribution in [-0.2, 0) is 14.3 Å². The Kier molecular flexibility index (Phi) is 17.0. The third-order valence-electron chi connectivity index (χ3n) is 5.43. The lowest BCUT2D eigenvalue weighted by Crippen LogP contribution is -2.48. The molecule has 0 heterocycles. The van der Waals surface area contributed by atoms with Crippen LogP contribution in [0.1, 0.15) is 126 Å². The standard InChI is InChI=1S/C28H53NO5/c1-8-9-10-11-12-13-14-15-16-17-18-19-20-21-24(30)23(22-33-25(31)27(2,3)4)29-26(32)34-28(5,6)7/h20-21,23-24,30H,8-19,22H2,1-7H3,(H,29,32)/t23-,24+/m1/s1. The van der Waals surface area contributed by atoms with Crippen LogP contribution in [0.4, 0.5) is 4.79 Å². The second kappa shape index (κ2) is 17.8. The van der Waals surface area contributed by atoms with Crippen LogP contribution in [0.25, 0.3) is 0 Å². The first kappa shape index (κ1) is 32.4. The van der Waals surface area contributed by atoms with Gasteiger partial charge < -0.3 is 19.9 Å². The number of aliphatic hydroxyl groups excluding tert-OH is 1. The molecule has 0 aliphatic heterocycles. The van der Waals surface area contributed by atoms with Gasteiger partial charge in [0.2, 0.25) is 0 Å². The van der Waals surface area contributed by atoms with Crippen molar-refractivity contribution in [1.29, 1.82) is 0 Å². The van der Waals surface area contributed by atoms with Crippen LogP contribution in [0, 0.1) is 5.41 Å². The average molecular weight is 484 g/mol. The summed E-state index contributed by atoms with van der Waals surface area (Å²) in [4.78, 5) is 24.3. The van der Waals surface area contributed by atoms with Gasteiger partial charge >= 0.3 is 12.1 Å². The summed E-state index contributed by atoms with van der Waals surface area (Å²) in [6, 6.07) is -0.783. The van der Waals surface area contributed by atoms with Gasteiger partial charge in [0.15, 0.2) is 0 Å². The van der Waals surface area contributed by atoms with Crippen molar-refractivity contribution in [3.8, 4) is 0 Å². The number of esters is 1. The molecule has 0 aliphatic rings. The van der Waals surface area contributed by atoms with Crippen LogP contribution >= 0.6 is 0 Å². The molecule has 200 valence electrons. The molecule has 6 nitrogen and oxygen atoms in total. The Morgan fingerprint density at radius 1 is 0.853 bits per heavy atom. The Morgan fingerprint density at radius 2 is 1.35 bits per heavy atom. The predicted octanol–water partition coefficient (Wildman–Crippen LogP) is 7.09. The van der Waals surface area contributed by atoms with E-state index >= 15 is 0 Å². The second-order valence-electron chi connectivity index (χ2n) is 11.3. The van der Waals surface area contributed by atoms with Crippen molar-refractivity contribution >= 4 is 12.1 Å². The summed E-state index contributed by atoms with van der Waals surface area (Å²) >= 11 is 0. The maximum Gasteiger partial charge on any atom is 0.408 e. The highest BCUT2D eigenvalue weighted by molar-refractivity contribution is 5.75. The molecule has 0 fully saturated rings. The SMILES string of the molecule is CCCCCCCCCCCCCC=C[C@H](O)[C@@H](COC(=O)C(C)(C)C)NC(=O)OC(C)(C)C. The van der Waals surface area contributed by atoms with Crippen molar-refractivity contribution in [3.63, 3.8) is 0 Å². The van der Waals surface area contributed by atoms with E-state index in [0.29, 0.717) is 0 Å². The van der Waals surface area contributed by atoms with Crippen LogP contribution in [-0.4, -0.2) is 41.5 Å². The molecule has 0 saturated carbocycles. The molecule has 0 bridgehead atoms. The minimum absolute atomic E-state index is 0.126. The summed E-state index contributed by atoms with van der Waals surface area (Å²) in [5, 5.41) is 13.2. The van der Waals surface area contributed by atoms with E-state index in [1.165, 1.54) is 64.2 Å². The van der Waals surface area contributed by atoms with Crippen molar-refractivity contribution < 1.29 is 24.2 Å². The molecule has 0 aliphatic carbocycles.